The van der Waals surface area contributed by atoms with E-state index in [1.165, 1.54) is 14.2 Å². The van der Waals surface area contributed by atoms with Gasteiger partial charge in [-0.25, -0.2) is 18.0 Å². The number of carbonyl (C=O) groups excluding carboxylic acids is 2. The Kier molecular flexibility index (Phi) is 4.08. The molecule has 1 aromatic heterocycles. The Labute approximate surface area is 129 Å². The molecule has 0 aliphatic carbocycles. The lowest BCUT2D eigenvalue weighted by Gasteiger charge is -2.19. The summed E-state index contributed by atoms with van der Waals surface area (Å²) in [5.74, 6) is -1.91. The highest BCUT2D eigenvalue weighted by molar-refractivity contribution is 7.90. The maximum atomic E-state index is 12.4. The molecule has 1 atom stereocenters. The molecule has 0 fully saturated rings. The topological polar surface area (TPSA) is 91.7 Å². The zero-order valence-electron chi connectivity index (χ0n) is 13.2. The lowest BCUT2D eigenvalue weighted by atomic mass is 10.1. The highest BCUT2D eigenvalue weighted by Crippen LogP contribution is 2.41. The van der Waals surface area contributed by atoms with Gasteiger partial charge in [0, 0.05) is 11.4 Å². The van der Waals surface area contributed by atoms with Crippen molar-refractivity contribution < 1.29 is 27.5 Å². The number of aromatic nitrogens is 1. The predicted molar refractivity (Wildman–Crippen MR) is 78.3 cm³/mol. The average molecular weight is 329 g/mol. The van der Waals surface area contributed by atoms with E-state index in [0.717, 1.165) is 0 Å². The summed E-state index contributed by atoms with van der Waals surface area (Å²) in [6, 6.07) is 0. The third kappa shape index (κ3) is 2.22. The van der Waals surface area contributed by atoms with Crippen molar-refractivity contribution in [1.29, 1.82) is 0 Å². The van der Waals surface area contributed by atoms with Gasteiger partial charge in [-0.05, 0) is 12.8 Å². The molecular weight excluding hydrogens is 310 g/mol. The number of ether oxygens (including phenoxy) is 2. The van der Waals surface area contributed by atoms with Crippen LogP contribution in [-0.2, 0) is 25.1 Å². The fraction of sp³-hybridized carbons (Fsp3) is 0.571. The molecule has 1 aliphatic heterocycles. The fourth-order valence-corrected chi connectivity index (χ4v) is 5.35. The second-order valence-corrected chi connectivity index (χ2v) is 7.67. The molecule has 0 unspecified atom stereocenters. The van der Waals surface area contributed by atoms with Crippen molar-refractivity contribution in [1.82, 2.24) is 4.57 Å². The van der Waals surface area contributed by atoms with E-state index in [0.29, 0.717) is 11.4 Å². The van der Waals surface area contributed by atoms with Crippen molar-refractivity contribution in [3.8, 4) is 0 Å². The van der Waals surface area contributed by atoms with E-state index in [-0.39, 0.29) is 22.8 Å². The highest BCUT2D eigenvalue weighted by atomic mass is 32.2. The first-order valence-corrected chi connectivity index (χ1v) is 8.50. The van der Waals surface area contributed by atoms with Crippen molar-refractivity contribution in [2.24, 2.45) is 5.92 Å². The smallest absolute Gasteiger partial charge is 0.340 e. The van der Waals surface area contributed by atoms with Crippen LogP contribution in [0, 0.1) is 12.8 Å². The van der Waals surface area contributed by atoms with Gasteiger partial charge in [-0.15, -0.1) is 0 Å². The molecule has 8 heteroatoms. The molecule has 0 amide bonds. The minimum atomic E-state index is -3.43. The normalized spacial score (nSPS) is 19.1. The third-order valence-corrected chi connectivity index (χ3v) is 6.03. The highest BCUT2D eigenvalue weighted by Gasteiger charge is 2.45. The van der Waals surface area contributed by atoms with E-state index in [1.54, 1.807) is 25.3 Å². The van der Waals surface area contributed by atoms with Crippen molar-refractivity contribution >= 4 is 21.8 Å². The number of nitrogens with zero attached hydrogens (tertiary/aromatic N) is 1. The fourth-order valence-electron chi connectivity index (χ4n) is 3.08. The zero-order valence-corrected chi connectivity index (χ0v) is 14.0. The van der Waals surface area contributed by atoms with Gasteiger partial charge in [-0.2, -0.15) is 0 Å². The number of hydrogen-bond acceptors (Lipinski definition) is 6. The van der Waals surface area contributed by atoms with Crippen molar-refractivity contribution in [3.63, 3.8) is 0 Å². The van der Waals surface area contributed by atoms with Gasteiger partial charge in [-0.3, -0.25) is 0 Å². The Bertz CT molecular complexity index is 744. The van der Waals surface area contributed by atoms with Crippen LogP contribution in [0.25, 0.3) is 0 Å². The first kappa shape index (κ1) is 16.5. The lowest BCUT2D eigenvalue weighted by Crippen LogP contribution is -2.20. The largest absolute Gasteiger partial charge is 0.465 e. The zero-order chi connectivity index (χ0) is 16.8. The molecule has 0 aromatic carbocycles. The quantitative estimate of drug-likeness (QED) is 0.780. The molecule has 0 N–H and O–H groups in total. The Morgan fingerprint density at radius 1 is 1.14 bits per heavy atom. The predicted octanol–water partition coefficient (Wildman–Crippen LogP) is 1.45. The first-order valence-electron chi connectivity index (χ1n) is 6.79. The summed E-state index contributed by atoms with van der Waals surface area (Å²) in [5.41, 5.74) is 0.758. The van der Waals surface area contributed by atoms with Crippen LogP contribution in [0.5, 0.6) is 0 Å². The van der Waals surface area contributed by atoms with Crippen LogP contribution < -0.4 is 0 Å². The molecule has 22 heavy (non-hydrogen) atoms. The van der Waals surface area contributed by atoms with Gasteiger partial charge in [0.25, 0.3) is 0 Å². The minimum Gasteiger partial charge on any atom is -0.465 e. The second-order valence-electron chi connectivity index (χ2n) is 5.58. The minimum absolute atomic E-state index is 0.0152. The molecule has 122 valence electrons. The molecule has 1 aliphatic rings. The number of carbonyl (C=O) groups is 2. The summed E-state index contributed by atoms with van der Waals surface area (Å²) in [6.07, 6.45) is 0. The summed E-state index contributed by atoms with van der Waals surface area (Å²) >= 11 is 0. The number of fused-ring (bicyclic) bond motifs is 1. The van der Waals surface area contributed by atoms with Crippen LogP contribution in [0.15, 0.2) is 0 Å². The van der Waals surface area contributed by atoms with Crippen LogP contribution in [-0.4, -0.2) is 39.1 Å². The van der Waals surface area contributed by atoms with Crippen molar-refractivity contribution in [3.05, 3.63) is 22.5 Å². The van der Waals surface area contributed by atoms with E-state index in [1.807, 2.05) is 0 Å². The lowest BCUT2D eigenvalue weighted by molar-refractivity contribution is 0.0555. The van der Waals surface area contributed by atoms with Gasteiger partial charge >= 0.3 is 11.9 Å². The van der Waals surface area contributed by atoms with Gasteiger partial charge in [0.2, 0.25) is 0 Å². The average Bonchev–Trinajstić information content (AvgIpc) is 2.86. The standard InChI is InChI=1S/C14H19NO6S/c1-7(2)12-15-8(3)10(13(16)20-4)11(14(17)21-5)9(15)6-22(12,18)19/h7,12H,6H2,1-5H3/t12-/m1/s1. The van der Waals surface area contributed by atoms with Gasteiger partial charge in [0.1, 0.15) is 5.37 Å². The Morgan fingerprint density at radius 2 is 1.64 bits per heavy atom. The number of esters is 2. The molecule has 0 spiro atoms. The van der Waals surface area contributed by atoms with Gasteiger partial charge in [-0.1, -0.05) is 13.8 Å². The molecule has 1 aromatic rings. The van der Waals surface area contributed by atoms with Gasteiger partial charge in [0.15, 0.2) is 9.84 Å². The number of rotatable bonds is 3. The second kappa shape index (κ2) is 5.42. The SMILES string of the molecule is COC(=O)c1c(C(=O)OC)c2n(c1C)[C@@H](C(C)C)S(=O)(=O)C2. The molecule has 2 heterocycles. The molecule has 7 nitrogen and oxygen atoms in total. The first-order chi connectivity index (χ1) is 10.2. The third-order valence-electron chi connectivity index (χ3n) is 3.86. The summed E-state index contributed by atoms with van der Waals surface area (Å²) in [6.45, 7) is 5.18. The van der Waals surface area contributed by atoms with E-state index in [9.17, 15) is 18.0 Å². The van der Waals surface area contributed by atoms with E-state index in [2.05, 4.69) is 0 Å². The monoisotopic (exact) mass is 329 g/mol. The van der Waals surface area contributed by atoms with Crippen molar-refractivity contribution in [2.45, 2.75) is 31.9 Å². The van der Waals surface area contributed by atoms with E-state index in [4.69, 9.17) is 9.47 Å². The molecule has 0 saturated heterocycles. The molecule has 2 rings (SSSR count). The summed E-state index contributed by atoms with van der Waals surface area (Å²) in [7, 11) is -1.04. The summed E-state index contributed by atoms with van der Waals surface area (Å²) in [4.78, 5) is 24.1. The maximum Gasteiger partial charge on any atom is 0.340 e. The van der Waals surface area contributed by atoms with Gasteiger partial charge in [0.05, 0.1) is 31.1 Å². The maximum absolute atomic E-state index is 12.4. The van der Waals surface area contributed by atoms with Crippen molar-refractivity contribution in [2.75, 3.05) is 14.2 Å². The summed E-state index contributed by atoms with van der Waals surface area (Å²) < 4.78 is 35.8. The van der Waals surface area contributed by atoms with Gasteiger partial charge < -0.3 is 14.0 Å². The van der Waals surface area contributed by atoms with Crippen LogP contribution in [0.2, 0.25) is 0 Å². The number of hydrogen-bond donors (Lipinski definition) is 0. The molecule has 0 saturated carbocycles. The Hall–Kier alpha value is -1.83. The van der Waals surface area contributed by atoms with Crippen LogP contribution in [0.4, 0.5) is 0 Å². The Morgan fingerprint density at radius 3 is 2.09 bits per heavy atom. The molecular formula is C14H19NO6S. The van der Waals surface area contributed by atoms with Crippen LogP contribution >= 0.6 is 0 Å². The van der Waals surface area contributed by atoms with E-state index < -0.39 is 27.1 Å². The molecule has 0 bridgehead atoms. The Balaban J connectivity index is 2.83. The number of sulfone groups is 1. The van der Waals surface area contributed by atoms with Crippen LogP contribution in [0.3, 0.4) is 0 Å². The van der Waals surface area contributed by atoms with Crippen LogP contribution in [0.1, 0.15) is 51.3 Å². The summed E-state index contributed by atoms with van der Waals surface area (Å²) in [5, 5.41) is -0.802. The van der Waals surface area contributed by atoms with E-state index >= 15 is 0 Å². The molecule has 0 radical (unpaired) electrons. The number of methoxy groups -OCH3 is 2.